The van der Waals surface area contributed by atoms with E-state index in [-0.39, 0.29) is 18.7 Å². The van der Waals surface area contributed by atoms with Crippen LogP contribution in [0.4, 0.5) is 0 Å². The third kappa shape index (κ3) is 4.87. The molecule has 0 amide bonds. The Bertz CT molecular complexity index is 577. The number of rotatable bonds is 6. The average Bonchev–Trinajstić information content (AvgIpc) is 2.48. The van der Waals surface area contributed by atoms with E-state index in [4.69, 9.17) is 4.52 Å². The molecule has 0 heterocycles. The second-order valence-corrected chi connectivity index (χ2v) is 7.36. The number of hydrogen-bond acceptors (Lipinski definition) is 3. The van der Waals surface area contributed by atoms with E-state index in [1.807, 2.05) is 60.7 Å². The molecule has 0 bridgehead atoms. The number of carbonyl (C=O) groups is 1. The predicted octanol–water partition coefficient (Wildman–Crippen LogP) is 4.62. The monoisotopic (exact) mass is 302 g/mol. The van der Waals surface area contributed by atoms with Gasteiger partial charge < -0.3 is 4.52 Å². The van der Waals surface area contributed by atoms with Crippen LogP contribution in [0.25, 0.3) is 0 Å². The lowest BCUT2D eigenvalue weighted by Gasteiger charge is -2.18. The summed E-state index contributed by atoms with van der Waals surface area (Å²) >= 11 is 0. The molecular weight excluding hydrogens is 283 g/mol. The van der Waals surface area contributed by atoms with Gasteiger partial charge >= 0.3 is 5.97 Å². The van der Waals surface area contributed by atoms with Crippen molar-refractivity contribution in [1.29, 1.82) is 0 Å². The molecule has 2 rings (SSSR count). The van der Waals surface area contributed by atoms with E-state index in [1.165, 1.54) is 0 Å². The molecule has 0 unspecified atom stereocenters. The van der Waals surface area contributed by atoms with Gasteiger partial charge in [-0.15, -0.1) is 0 Å². The topological polar surface area (TPSA) is 43.4 Å². The van der Waals surface area contributed by atoms with Crippen LogP contribution in [0.15, 0.2) is 60.7 Å². The SMILES string of the molecule is CCC(=O)OP(=O)(Cc1ccccc1)Cc1ccccc1. The number of carbonyl (C=O) groups excluding carboxylic acids is 1. The van der Waals surface area contributed by atoms with Crippen molar-refractivity contribution in [3.8, 4) is 0 Å². The van der Waals surface area contributed by atoms with Crippen LogP contribution >= 0.6 is 7.37 Å². The first-order valence-electron chi connectivity index (χ1n) is 6.99. The van der Waals surface area contributed by atoms with Gasteiger partial charge in [0.2, 0.25) is 0 Å². The molecule has 21 heavy (non-hydrogen) atoms. The van der Waals surface area contributed by atoms with Gasteiger partial charge in [0.05, 0.1) is 12.3 Å². The summed E-state index contributed by atoms with van der Waals surface area (Å²) in [6.07, 6.45) is 0.774. The van der Waals surface area contributed by atoms with Gasteiger partial charge in [-0.2, -0.15) is 0 Å². The molecule has 110 valence electrons. The minimum absolute atomic E-state index is 0.230. The summed E-state index contributed by atoms with van der Waals surface area (Å²) in [7, 11) is -3.09. The van der Waals surface area contributed by atoms with E-state index in [2.05, 4.69) is 0 Å². The van der Waals surface area contributed by atoms with Crippen LogP contribution in [0, 0.1) is 0 Å². The summed E-state index contributed by atoms with van der Waals surface area (Å²) in [5, 5.41) is 0. The number of benzene rings is 2. The van der Waals surface area contributed by atoms with Gasteiger partial charge in [0.1, 0.15) is 0 Å². The van der Waals surface area contributed by atoms with E-state index in [0.717, 1.165) is 11.1 Å². The molecule has 2 aromatic rings. The fourth-order valence-corrected chi connectivity index (χ4v) is 4.37. The van der Waals surface area contributed by atoms with Crippen molar-refractivity contribution < 1.29 is 13.9 Å². The zero-order chi connectivity index (χ0) is 15.1. The van der Waals surface area contributed by atoms with E-state index in [0.29, 0.717) is 0 Å². The molecule has 0 radical (unpaired) electrons. The molecule has 0 spiro atoms. The molecule has 2 aromatic carbocycles. The van der Waals surface area contributed by atoms with Crippen LogP contribution in [0.1, 0.15) is 24.5 Å². The maximum absolute atomic E-state index is 13.1. The second-order valence-electron chi connectivity index (χ2n) is 4.92. The molecule has 0 aliphatic heterocycles. The quantitative estimate of drug-likeness (QED) is 0.731. The van der Waals surface area contributed by atoms with Gasteiger partial charge in [0.25, 0.3) is 7.37 Å². The van der Waals surface area contributed by atoms with Gasteiger partial charge in [-0.1, -0.05) is 67.6 Å². The molecule has 0 atom stereocenters. The Morgan fingerprint density at radius 3 is 1.71 bits per heavy atom. The lowest BCUT2D eigenvalue weighted by molar-refractivity contribution is -0.133. The average molecular weight is 302 g/mol. The summed E-state index contributed by atoms with van der Waals surface area (Å²) in [6, 6.07) is 19.0. The zero-order valence-electron chi connectivity index (χ0n) is 12.1. The van der Waals surface area contributed by atoms with Gasteiger partial charge in [-0.05, 0) is 11.1 Å². The highest BCUT2D eigenvalue weighted by atomic mass is 31.2. The highest BCUT2D eigenvalue weighted by molar-refractivity contribution is 7.57. The third-order valence-electron chi connectivity index (χ3n) is 3.09. The van der Waals surface area contributed by atoms with Gasteiger partial charge in [-0.3, -0.25) is 9.36 Å². The first-order chi connectivity index (χ1) is 10.1. The fourth-order valence-electron chi connectivity index (χ4n) is 2.09. The lowest BCUT2D eigenvalue weighted by atomic mass is 10.2. The van der Waals surface area contributed by atoms with E-state index in [9.17, 15) is 9.36 Å². The van der Waals surface area contributed by atoms with Crippen LogP contribution in [0.3, 0.4) is 0 Å². The maximum atomic E-state index is 13.1. The molecule has 4 heteroatoms. The first kappa shape index (κ1) is 15.5. The van der Waals surface area contributed by atoms with Crippen molar-refractivity contribution in [3.05, 3.63) is 71.8 Å². The van der Waals surface area contributed by atoms with Crippen LogP contribution in [0.5, 0.6) is 0 Å². The Kier molecular flexibility index (Phi) is 5.35. The van der Waals surface area contributed by atoms with Crippen molar-refractivity contribution in [2.75, 3.05) is 0 Å². The van der Waals surface area contributed by atoms with Crippen molar-refractivity contribution in [2.24, 2.45) is 0 Å². The minimum Gasteiger partial charge on any atom is -0.411 e. The Morgan fingerprint density at radius 2 is 1.33 bits per heavy atom. The third-order valence-corrected chi connectivity index (χ3v) is 5.32. The molecule has 0 saturated heterocycles. The van der Waals surface area contributed by atoms with Crippen molar-refractivity contribution >= 4 is 13.3 Å². The van der Waals surface area contributed by atoms with E-state index >= 15 is 0 Å². The number of hydrogen-bond donors (Lipinski definition) is 0. The molecular formula is C17H19O3P. The fraction of sp³-hybridized carbons (Fsp3) is 0.235. The van der Waals surface area contributed by atoms with Crippen LogP contribution in [-0.2, 0) is 26.2 Å². The highest BCUT2D eigenvalue weighted by Gasteiger charge is 2.27. The summed E-state index contributed by atoms with van der Waals surface area (Å²) in [5.41, 5.74) is 1.83. The molecule has 3 nitrogen and oxygen atoms in total. The first-order valence-corrected chi connectivity index (χ1v) is 8.99. The molecule has 0 aromatic heterocycles. The van der Waals surface area contributed by atoms with Crippen molar-refractivity contribution in [1.82, 2.24) is 0 Å². The normalized spacial score (nSPS) is 11.1. The lowest BCUT2D eigenvalue weighted by Crippen LogP contribution is -2.05. The van der Waals surface area contributed by atoms with Crippen molar-refractivity contribution in [3.63, 3.8) is 0 Å². The maximum Gasteiger partial charge on any atom is 0.310 e. The summed E-state index contributed by atoms with van der Waals surface area (Å²) in [5.74, 6) is -0.412. The van der Waals surface area contributed by atoms with Crippen LogP contribution in [-0.4, -0.2) is 5.97 Å². The molecule has 0 saturated carbocycles. The standard InChI is InChI=1S/C17H19O3P/c1-2-17(18)20-21(19,13-15-9-5-3-6-10-15)14-16-11-7-4-8-12-16/h3-12H,2,13-14H2,1H3. The van der Waals surface area contributed by atoms with Gasteiger partial charge in [0.15, 0.2) is 0 Å². The second kappa shape index (κ2) is 7.24. The minimum atomic E-state index is -3.09. The van der Waals surface area contributed by atoms with Crippen LogP contribution in [0.2, 0.25) is 0 Å². The molecule has 0 N–H and O–H groups in total. The summed E-state index contributed by atoms with van der Waals surface area (Å²) in [6.45, 7) is 1.71. The van der Waals surface area contributed by atoms with Crippen LogP contribution < -0.4 is 0 Å². The zero-order valence-corrected chi connectivity index (χ0v) is 13.0. The summed E-state index contributed by atoms with van der Waals surface area (Å²) < 4.78 is 18.4. The van der Waals surface area contributed by atoms with Crippen molar-refractivity contribution in [2.45, 2.75) is 25.7 Å². The Morgan fingerprint density at radius 1 is 0.905 bits per heavy atom. The molecule has 0 aliphatic rings. The Hall–Kier alpha value is -1.86. The summed E-state index contributed by atoms with van der Waals surface area (Å²) in [4.78, 5) is 11.6. The molecule has 0 fully saturated rings. The van der Waals surface area contributed by atoms with E-state index < -0.39 is 13.3 Å². The predicted molar refractivity (Wildman–Crippen MR) is 84.3 cm³/mol. The van der Waals surface area contributed by atoms with E-state index in [1.54, 1.807) is 6.92 Å². The van der Waals surface area contributed by atoms with Gasteiger partial charge in [0, 0.05) is 6.42 Å². The largest absolute Gasteiger partial charge is 0.411 e. The Labute approximate surface area is 125 Å². The molecule has 0 aliphatic carbocycles. The highest BCUT2D eigenvalue weighted by Crippen LogP contribution is 2.53. The van der Waals surface area contributed by atoms with Gasteiger partial charge in [-0.25, -0.2) is 0 Å². The smallest absolute Gasteiger partial charge is 0.310 e. The Balaban J connectivity index is 2.21.